The largest absolute Gasteiger partial charge is 0.456 e. The summed E-state index contributed by atoms with van der Waals surface area (Å²) < 4.78 is 6.14. The molecule has 2 heteroatoms. The van der Waals surface area contributed by atoms with Gasteiger partial charge in [0.25, 0.3) is 0 Å². The van der Waals surface area contributed by atoms with E-state index in [4.69, 9.17) is 4.74 Å². The lowest BCUT2D eigenvalue weighted by Crippen LogP contribution is -2.32. The summed E-state index contributed by atoms with van der Waals surface area (Å²) in [5.41, 5.74) is 1.14. The SMILES string of the molecule is OC1(c2ccccc2)c2ccccc2Oc2cc3ccccc3cc21. The molecule has 0 radical (unpaired) electrons. The number of fused-ring (bicyclic) bond motifs is 3. The summed E-state index contributed by atoms with van der Waals surface area (Å²) in [6.45, 7) is 0. The van der Waals surface area contributed by atoms with Crippen LogP contribution in [0.2, 0.25) is 0 Å². The van der Waals surface area contributed by atoms with Gasteiger partial charge >= 0.3 is 0 Å². The van der Waals surface area contributed by atoms with Crippen LogP contribution in [0.4, 0.5) is 0 Å². The van der Waals surface area contributed by atoms with E-state index in [1.807, 2.05) is 78.9 Å². The Hall–Kier alpha value is -3.10. The molecular weight excluding hydrogens is 308 g/mol. The number of aliphatic hydroxyl groups is 1. The van der Waals surface area contributed by atoms with Gasteiger partial charge in [-0.2, -0.15) is 0 Å². The molecule has 2 nitrogen and oxygen atoms in total. The summed E-state index contributed by atoms with van der Waals surface area (Å²) in [7, 11) is 0. The molecule has 120 valence electrons. The van der Waals surface area contributed by atoms with Gasteiger partial charge in [0.1, 0.15) is 17.1 Å². The van der Waals surface area contributed by atoms with Crippen LogP contribution in [0, 0.1) is 0 Å². The molecule has 1 aliphatic rings. The van der Waals surface area contributed by atoms with Crippen LogP contribution in [0.15, 0.2) is 91.0 Å². The molecule has 1 heterocycles. The van der Waals surface area contributed by atoms with Crippen molar-refractivity contribution in [3.63, 3.8) is 0 Å². The number of hydrogen-bond donors (Lipinski definition) is 1. The number of ether oxygens (including phenoxy) is 1. The second-order valence-corrected chi connectivity index (χ2v) is 6.37. The Kier molecular flexibility index (Phi) is 2.97. The first-order chi connectivity index (χ1) is 12.3. The maximum Gasteiger partial charge on any atom is 0.147 e. The highest BCUT2D eigenvalue weighted by Crippen LogP contribution is 2.50. The van der Waals surface area contributed by atoms with E-state index in [0.29, 0.717) is 11.5 Å². The van der Waals surface area contributed by atoms with Gasteiger partial charge in [0.05, 0.1) is 0 Å². The highest BCUT2D eigenvalue weighted by atomic mass is 16.5. The normalized spacial score (nSPS) is 18.3. The summed E-state index contributed by atoms with van der Waals surface area (Å²) in [6.07, 6.45) is 0. The highest BCUT2D eigenvalue weighted by Gasteiger charge is 2.42. The van der Waals surface area contributed by atoms with Gasteiger partial charge in [0.15, 0.2) is 0 Å². The van der Waals surface area contributed by atoms with E-state index in [1.54, 1.807) is 0 Å². The molecule has 0 saturated heterocycles. The van der Waals surface area contributed by atoms with Crippen LogP contribution in [-0.2, 0) is 5.60 Å². The van der Waals surface area contributed by atoms with Crippen LogP contribution in [0.5, 0.6) is 11.5 Å². The molecule has 25 heavy (non-hydrogen) atoms. The Labute approximate surface area is 145 Å². The molecule has 1 N–H and O–H groups in total. The summed E-state index contributed by atoms with van der Waals surface area (Å²) in [4.78, 5) is 0. The van der Waals surface area contributed by atoms with Gasteiger partial charge in [-0.15, -0.1) is 0 Å². The van der Waals surface area contributed by atoms with Crippen molar-refractivity contribution in [1.29, 1.82) is 0 Å². The van der Waals surface area contributed by atoms with E-state index in [2.05, 4.69) is 12.1 Å². The first-order valence-electron chi connectivity index (χ1n) is 8.35. The lowest BCUT2D eigenvalue weighted by atomic mass is 9.77. The zero-order valence-corrected chi connectivity index (χ0v) is 13.5. The predicted molar refractivity (Wildman–Crippen MR) is 99.0 cm³/mol. The minimum Gasteiger partial charge on any atom is -0.456 e. The topological polar surface area (TPSA) is 29.5 Å². The van der Waals surface area contributed by atoms with Crippen LogP contribution in [0.3, 0.4) is 0 Å². The third kappa shape index (κ3) is 2.01. The molecule has 0 amide bonds. The fourth-order valence-electron chi connectivity index (χ4n) is 3.70. The van der Waals surface area contributed by atoms with Gasteiger partial charge in [0, 0.05) is 11.1 Å². The molecule has 1 unspecified atom stereocenters. The fourth-order valence-corrected chi connectivity index (χ4v) is 3.70. The van der Waals surface area contributed by atoms with Gasteiger partial charge in [-0.1, -0.05) is 72.8 Å². The molecule has 1 atom stereocenters. The molecule has 0 spiro atoms. The van der Waals surface area contributed by atoms with Crippen LogP contribution >= 0.6 is 0 Å². The van der Waals surface area contributed by atoms with Gasteiger partial charge in [-0.25, -0.2) is 0 Å². The zero-order valence-electron chi connectivity index (χ0n) is 13.5. The average Bonchev–Trinajstić information content (AvgIpc) is 2.68. The van der Waals surface area contributed by atoms with E-state index >= 15 is 0 Å². The van der Waals surface area contributed by atoms with E-state index in [-0.39, 0.29) is 0 Å². The molecule has 1 aliphatic heterocycles. The summed E-state index contributed by atoms with van der Waals surface area (Å²) in [6, 6.07) is 29.6. The van der Waals surface area contributed by atoms with E-state index in [9.17, 15) is 5.11 Å². The summed E-state index contributed by atoms with van der Waals surface area (Å²) >= 11 is 0. The summed E-state index contributed by atoms with van der Waals surface area (Å²) in [5.74, 6) is 1.39. The standard InChI is InChI=1S/C23H16O2/c24-23(18-10-2-1-3-11-18)19-12-6-7-13-21(19)25-22-15-17-9-5-4-8-16(17)14-20(22)23/h1-15,24H. The Morgan fingerprint density at radius 2 is 1.24 bits per heavy atom. The van der Waals surface area contributed by atoms with Crippen molar-refractivity contribution in [1.82, 2.24) is 0 Å². The van der Waals surface area contributed by atoms with Gasteiger partial charge in [-0.05, 0) is 34.5 Å². The first kappa shape index (κ1) is 14.3. The molecule has 0 fully saturated rings. The van der Waals surface area contributed by atoms with Crippen LogP contribution in [-0.4, -0.2) is 5.11 Å². The van der Waals surface area contributed by atoms with Crippen LogP contribution in [0.25, 0.3) is 10.8 Å². The average molecular weight is 324 g/mol. The van der Waals surface area contributed by atoms with Gasteiger partial charge in [0.2, 0.25) is 0 Å². The minimum atomic E-state index is -1.24. The molecule has 0 aliphatic carbocycles. The third-order valence-corrected chi connectivity index (χ3v) is 4.93. The Morgan fingerprint density at radius 3 is 2.04 bits per heavy atom. The Bertz CT molecular complexity index is 1090. The monoisotopic (exact) mass is 324 g/mol. The van der Waals surface area contributed by atoms with Crippen LogP contribution in [0.1, 0.15) is 16.7 Å². The number of benzene rings is 4. The van der Waals surface area contributed by atoms with E-state index < -0.39 is 5.60 Å². The van der Waals surface area contributed by atoms with Crippen molar-refractivity contribution in [3.05, 3.63) is 108 Å². The van der Waals surface area contributed by atoms with Crippen LogP contribution < -0.4 is 4.74 Å². The zero-order chi connectivity index (χ0) is 16.9. The second kappa shape index (κ2) is 5.20. The van der Waals surface area contributed by atoms with Crippen molar-refractivity contribution in [2.24, 2.45) is 0 Å². The third-order valence-electron chi connectivity index (χ3n) is 4.93. The van der Waals surface area contributed by atoms with Crippen molar-refractivity contribution >= 4 is 10.8 Å². The second-order valence-electron chi connectivity index (χ2n) is 6.37. The van der Waals surface area contributed by atoms with E-state index in [0.717, 1.165) is 27.5 Å². The Balaban J connectivity index is 1.88. The quantitative estimate of drug-likeness (QED) is 0.519. The number of rotatable bonds is 1. The lowest BCUT2D eigenvalue weighted by molar-refractivity contribution is 0.113. The smallest absolute Gasteiger partial charge is 0.147 e. The highest BCUT2D eigenvalue weighted by molar-refractivity contribution is 5.86. The van der Waals surface area contributed by atoms with Gasteiger partial charge < -0.3 is 9.84 Å². The predicted octanol–water partition coefficient (Wildman–Crippen LogP) is 5.23. The van der Waals surface area contributed by atoms with Crippen molar-refractivity contribution in [3.8, 4) is 11.5 Å². The van der Waals surface area contributed by atoms with E-state index in [1.165, 1.54) is 0 Å². The number of para-hydroxylation sites is 1. The molecule has 4 aromatic rings. The van der Waals surface area contributed by atoms with Gasteiger partial charge in [-0.3, -0.25) is 0 Å². The molecule has 0 aromatic heterocycles. The maximum absolute atomic E-state index is 11.9. The first-order valence-corrected chi connectivity index (χ1v) is 8.35. The maximum atomic E-state index is 11.9. The fraction of sp³-hybridized carbons (Fsp3) is 0.0435. The van der Waals surface area contributed by atoms with Crippen molar-refractivity contribution in [2.45, 2.75) is 5.60 Å². The summed E-state index contributed by atoms with van der Waals surface area (Å²) in [5, 5.41) is 14.1. The van der Waals surface area contributed by atoms with Crippen molar-refractivity contribution < 1.29 is 9.84 Å². The molecule has 0 bridgehead atoms. The van der Waals surface area contributed by atoms with Crippen molar-refractivity contribution in [2.75, 3.05) is 0 Å². The minimum absolute atomic E-state index is 0.691. The molecule has 5 rings (SSSR count). The molecule has 0 saturated carbocycles. The lowest BCUT2D eigenvalue weighted by Gasteiger charge is -2.36. The molecule has 4 aromatic carbocycles. The Morgan fingerprint density at radius 1 is 0.600 bits per heavy atom. The molecular formula is C23H16O2. The number of hydrogen-bond acceptors (Lipinski definition) is 2.